The van der Waals surface area contributed by atoms with E-state index >= 15 is 0 Å². The van der Waals surface area contributed by atoms with E-state index in [4.69, 9.17) is 16.3 Å². The molecule has 0 bridgehead atoms. The molecule has 1 N–H and O–H groups in total. The normalized spacial score (nSPS) is 10.4. The van der Waals surface area contributed by atoms with Crippen LogP contribution in [0.1, 0.15) is 5.56 Å². The van der Waals surface area contributed by atoms with Crippen molar-refractivity contribution in [1.82, 2.24) is 4.98 Å². The molecule has 0 radical (unpaired) electrons. The number of nitro benzene ring substituents is 1. The van der Waals surface area contributed by atoms with E-state index in [9.17, 15) is 19.8 Å². The summed E-state index contributed by atoms with van der Waals surface area (Å²) in [4.78, 5) is 14.8. The van der Waals surface area contributed by atoms with Crippen LogP contribution in [0.15, 0.2) is 36.5 Å². The number of benzene rings is 2. The summed E-state index contributed by atoms with van der Waals surface area (Å²) in [7, 11) is 1.32. The van der Waals surface area contributed by atoms with Crippen molar-refractivity contribution < 1.29 is 14.1 Å². The Bertz CT molecular complexity index is 1080. The van der Waals surface area contributed by atoms with Crippen LogP contribution < -0.4 is 10.1 Å². The number of aromatic nitrogens is 1. The van der Waals surface area contributed by atoms with Crippen molar-refractivity contribution >= 4 is 39.6 Å². The fraction of sp³-hybridized carbons (Fsp3) is 0.0588. The summed E-state index contributed by atoms with van der Waals surface area (Å²) >= 11 is 5.78. The summed E-state index contributed by atoms with van der Waals surface area (Å²) in [6, 6.07) is 8.62. The molecule has 3 rings (SSSR count). The highest BCUT2D eigenvalue weighted by molar-refractivity contribution is 6.31. The number of nitrogens with zero attached hydrogens (tertiary/aromatic N) is 3. The Morgan fingerprint density at radius 2 is 2.15 bits per heavy atom. The molecule has 0 fully saturated rings. The molecular formula is C17H10ClFN4O3. The lowest BCUT2D eigenvalue weighted by molar-refractivity contribution is -0.385. The molecule has 1 heterocycles. The van der Waals surface area contributed by atoms with Crippen LogP contribution in [0.25, 0.3) is 10.9 Å². The molecule has 0 unspecified atom stereocenters. The topological polar surface area (TPSA) is 101 Å². The molecular weight excluding hydrogens is 363 g/mol. The number of nitriles is 1. The Kier molecular flexibility index (Phi) is 4.56. The van der Waals surface area contributed by atoms with Crippen molar-refractivity contribution in [2.45, 2.75) is 0 Å². The molecule has 0 atom stereocenters. The van der Waals surface area contributed by atoms with E-state index < -0.39 is 10.7 Å². The van der Waals surface area contributed by atoms with Gasteiger partial charge in [0.05, 0.1) is 33.8 Å². The maximum Gasteiger partial charge on any atom is 0.311 e. The highest BCUT2D eigenvalue weighted by Crippen LogP contribution is 2.37. The number of hydrogen-bond donors (Lipinski definition) is 1. The number of nitro groups is 1. The molecule has 7 nitrogen and oxygen atoms in total. The number of pyridine rings is 1. The molecule has 0 aliphatic rings. The van der Waals surface area contributed by atoms with E-state index in [0.29, 0.717) is 22.3 Å². The smallest absolute Gasteiger partial charge is 0.311 e. The maximum atomic E-state index is 13.4. The van der Waals surface area contributed by atoms with Crippen LogP contribution in [-0.2, 0) is 0 Å². The first-order chi connectivity index (χ1) is 12.4. The zero-order chi connectivity index (χ0) is 18.8. The second kappa shape index (κ2) is 6.82. The standard InChI is InChI=1S/C17H10ClFN4O3/c1-26-16-6-14-11(5-15(16)23(24)25)17(9(7-20)8-21-14)22-10-2-3-13(19)12(18)4-10/h2-6,8H,1H3,(H,21,22). The molecule has 0 saturated heterocycles. The number of anilines is 2. The molecule has 130 valence electrons. The minimum Gasteiger partial charge on any atom is -0.490 e. The Balaban J connectivity index is 2.24. The van der Waals surface area contributed by atoms with Gasteiger partial charge in [-0.3, -0.25) is 15.1 Å². The Hall–Kier alpha value is -3.44. The monoisotopic (exact) mass is 372 g/mol. The minimum atomic E-state index is -0.587. The minimum absolute atomic E-state index is 0.0514. The van der Waals surface area contributed by atoms with Gasteiger partial charge in [0.2, 0.25) is 0 Å². The average molecular weight is 373 g/mol. The number of hydrogen-bond acceptors (Lipinski definition) is 6. The number of rotatable bonds is 4. The van der Waals surface area contributed by atoms with E-state index in [-0.39, 0.29) is 22.0 Å². The van der Waals surface area contributed by atoms with Crippen LogP contribution in [0, 0.1) is 27.3 Å². The van der Waals surface area contributed by atoms with Gasteiger partial charge in [0.15, 0.2) is 5.75 Å². The van der Waals surface area contributed by atoms with E-state index in [2.05, 4.69) is 10.3 Å². The molecule has 2 aromatic carbocycles. The van der Waals surface area contributed by atoms with Gasteiger partial charge >= 0.3 is 5.69 Å². The fourth-order valence-electron chi connectivity index (χ4n) is 2.45. The van der Waals surface area contributed by atoms with Crippen molar-refractivity contribution in [3.63, 3.8) is 0 Å². The van der Waals surface area contributed by atoms with Crippen LogP contribution in [0.3, 0.4) is 0 Å². The summed E-state index contributed by atoms with van der Waals surface area (Å²) in [6.45, 7) is 0. The summed E-state index contributed by atoms with van der Waals surface area (Å²) in [6.07, 6.45) is 1.33. The fourth-order valence-corrected chi connectivity index (χ4v) is 2.63. The van der Waals surface area contributed by atoms with Crippen molar-refractivity contribution in [3.05, 3.63) is 63.0 Å². The molecule has 3 aromatic rings. The first-order valence-corrected chi connectivity index (χ1v) is 7.59. The summed E-state index contributed by atoms with van der Waals surface area (Å²) in [5.41, 5.74) is 1.00. The average Bonchev–Trinajstić information content (AvgIpc) is 2.63. The second-order valence-corrected chi connectivity index (χ2v) is 5.62. The van der Waals surface area contributed by atoms with Gasteiger partial charge in [-0.05, 0) is 18.2 Å². The van der Waals surface area contributed by atoms with Gasteiger partial charge in [0.25, 0.3) is 0 Å². The molecule has 0 aliphatic carbocycles. The number of ether oxygens (including phenoxy) is 1. The van der Waals surface area contributed by atoms with E-state index in [1.54, 1.807) is 0 Å². The molecule has 0 amide bonds. The second-order valence-electron chi connectivity index (χ2n) is 5.21. The lowest BCUT2D eigenvalue weighted by atomic mass is 10.1. The zero-order valence-electron chi connectivity index (χ0n) is 13.3. The molecule has 0 spiro atoms. The maximum absolute atomic E-state index is 13.4. The molecule has 9 heteroatoms. The van der Waals surface area contributed by atoms with E-state index in [1.165, 1.54) is 43.6 Å². The molecule has 0 aliphatic heterocycles. The lowest BCUT2D eigenvalue weighted by Gasteiger charge is -2.13. The summed E-state index contributed by atoms with van der Waals surface area (Å²) < 4.78 is 18.4. The number of halogens is 2. The third-order valence-corrected chi connectivity index (χ3v) is 3.96. The Morgan fingerprint density at radius 1 is 1.38 bits per heavy atom. The van der Waals surface area contributed by atoms with Crippen molar-refractivity contribution in [2.24, 2.45) is 0 Å². The highest BCUT2D eigenvalue weighted by atomic mass is 35.5. The molecule has 0 saturated carbocycles. The van der Waals surface area contributed by atoms with Gasteiger partial charge in [-0.25, -0.2) is 4.39 Å². The van der Waals surface area contributed by atoms with Gasteiger partial charge in [-0.2, -0.15) is 5.26 Å². The lowest BCUT2D eigenvalue weighted by Crippen LogP contribution is -1.99. The third kappa shape index (κ3) is 3.08. The van der Waals surface area contributed by atoms with Crippen molar-refractivity contribution in [1.29, 1.82) is 5.26 Å². The first-order valence-electron chi connectivity index (χ1n) is 7.22. The predicted molar refractivity (Wildman–Crippen MR) is 94.4 cm³/mol. The van der Waals surface area contributed by atoms with Gasteiger partial charge in [-0.1, -0.05) is 11.6 Å². The largest absolute Gasteiger partial charge is 0.490 e. The number of fused-ring (bicyclic) bond motifs is 1. The predicted octanol–water partition coefficient (Wildman–Crippen LogP) is 4.56. The molecule has 26 heavy (non-hydrogen) atoms. The summed E-state index contributed by atoms with van der Waals surface area (Å²) in [5.74, 6) is -0.534. The third-order valence-electron chi connectivity index (χ3n) is 3.67. The number of nitrogens with one attached hydrogen (secondary N) is 1. The van der Waals surface area contributed by atoms with Crippen LogP contribution in [0.5, 0.6) is 5.75 Å². The highest BCUT2D eigenvalue weighted by Gasteiger charge is 2.20. The summed E-state index contributed by atoms with van der Waals surface area (Å²) in [5, 5.41) is 23.9. The van der Waals surface area contributed by atoms with E-state index in [0.717, 1.165) is 0 Å². The quantitative estimate of drug-likeness (QED) is 0.532. The SMILES string of the molecule is COc1cc2ncc(C#N)c(Nc3ccc(F)c(Cl)c3)c2cc1[N+](=O)[O-]. The van der Waals surface area contributed by atoms with Gasteiger partial charge in [0, 0.05) is 29.4 Å². The first kappa shape index (κ1) is 17.4. The van der Waals surface area contributed by atoms with Crippen molar-refractivity contribution in [3.8, 4) is 11.8 Å². The van der Waals surface area contributed by atoms with Gasteiger partial charge in [0.1, 0.15) is 11.9 Å². The molecule has 1 aromatic heterocycles. The number of methoxy groups -OCH3 is 1. The van der Waals surface area contributed by atoms with Crippen LogP contribution >= 0.6 is 11.6 Å². The Morgan fingerprint density at radius 3 is 2.77 bits per heavy atom. The van der Waals surface area contributed by atoms with E-state index in [1.807, 2.05) is 6.07 Å². The zero-order valence-corrected chi connectivity index (χ0v) is 14.0. The van der Waals surface area contributed by atoms with Gasteiger partial charge < -0.3 is 10.1 Å². The van der Waals surface area contributed by atoms with Crippen LogP contribution in [0.4, 0.5) is 21.5 Å². The van der Waals surface area contributed by atoms with Gasteiger partial charge in [-0.15, -0.1) is 0 Å². The van der Waals surface area contributed by atoms with Crippen LogP contribution in [-0.4, -0.2) is 17.0 Å². The Labute approximate surface area is 151 Å². The van der Waals surface area contributed by atoms with Crippen LogP contribution in [0.2, 0.25) is 5.02 Å². The van der Waals surface area contributed by atoms with Crippen molar-refractivity contribution in [2.75, 3.05) is 12.4 Å².